The molecule has 0 bridgehead atoms. The number of pyridine rings is 1. The number of carbonyl (C=O) groups is 1. The third-order valence-electron chi connectivity index (χ3n) is 4.75. The molecule has 10 heteroatoms. The molecule has 1 aromatic carbocycles. The summed E-state index contributed by atoms with van der Waals surface area (Å²) in [6.07, 6.45) is 1.60. The minimum Gasteiger partial charge on any atom is -0.480 e. The fourth-order valence-electron chi connectivity index (χ4n) is 3.19. The number of methoxy groups -OCH3 is 2. The number of aromatic nitrogens is 3. The number of ether oxygens (including phenoxy) is 3. The van der Waals surface area contributed by atoms with Crippen LogP contribution in [0.2, 0.25) is 0 Å². The molecular formula is C23H21FN4O4S. The normalized spacial score (nSPS) is 10.9. The molecule has 4 rings (SSSR count). The van der Waals surface area contributed by atoms with Gasteiger partial charge in [0.15, 0.2) is 5.82 Å². The number of rotatable bonds is 8. The number of nitrogens with one attached hydrogen (secondary N) is 1. The van der Waals surface area contributed by atoms with Crippen molar-refractivity contribution in [2.45, 2.75) is 20.1 Å². The molecule has 3 aromatic heterocycles. The van der Waals surface area contributed by atoms with E-state index in [-0.39, 0.29) is 24.9 Å². The van der Waals surface area contributed by atoms with E-state index in [0.29, 0.717) is 38.4 Å². The third kappa shape index (κ3) is 5.07. The number of fused-ring (bicyclic) bond motifs is 1. The number of hydrogen-bond acceptors (Lipinski definition) is 8. The van der Waals surface area contributed by atoms with Crippen LogP contribution in [-0.2, 0) is 17.9 Å². The maximum absolute atomic E-state index is 13.3. The number of halogens is 1. The summed E-state index contributed by atoms with van der Waals surface area (Å²) < 4.78 is 29.3. The zero-order chi connectivity index (χ0) is 23.4. The molecule has 0 aliphatic rings. The largest absolute Gasteiger partial charge is 0.480 e. The Labute approximate surface area is 193 Å². The quantitative estimate of drug-likeness (QED) is 0.409. The average molecular weight is 469 g/mol. The minimum atomic E-state index is -0.387. The van der Waals surface area contributed by atoms with E-state index in [1.165, 1.54) is 30.6 Å². The summed E-state index contributed by atoms with van der Waals surface area (Å²) in [5.41, 5.74) is 1.54. The lowest BCUT2D eigenvalue weighted by Gasteiger charge is -2.07. The Bertz CT molecular complexity index is 1290. The Morgan fingerprint density at radius 1 is 1.18 bits per heavy atom. The van der Waals surface area contributed by atoms with Crippen LogP contribution in [0, 0.1) is 12.7 Å². The van der Waals surface area contributed by atoms with Gasteiger partial charge in [-0.3, -0.25) is 4.79 Å². The minimum absolute atomic E-state index is 0.231. The van der Waals surface area contributed by atoms with Crippen molar-refractivity contribution in [2.75, 3.05) is 14.2 Å². The van der Waals surface area contributed by atoms with Gasteiger partial charge in [0.25, 0.3) is 5.91 Å². The SMILES string of the molecule is COCc1nc(OC)c2c(C)c(C(=O)NCc3ccc(Oc4cccc(F)c4)nc3)sc2n1. The predicted octanol–water partition coefficient (Wildman–Crippen LogP) is 4.41. The first-order valence-electron chi connectivity index (χ1n) is 9.98. The third-order valence-corrected chi connectivity index (χ3v) is 5.93. The topological polar surface area (TPSA) is 95.5 Å². The number of aryl methyl sites for hydroxylation is 1. The lowest BCUT2D eigenvalue weighted by Crippen LogP contribution is -2.22. The van der Waals surface area contributed by atoms with E-state index in [4.69, 9.17) is 14.2 Å². The Hall–Kier alpha value is -3.63. The van der Waals surface area contributed by atoms with Crippen molar-refractivity contribution in [3.05, 3.63) is 70.2 Å². The van der Waals surface area contributed by atoms with Gasteiger partial charge in [-0.1, -0.05) is 12.1 Å². The second-order valence-corrected chi connectivity index (χ2v) is 8.06. The lowest BCUT2D eigenvalue weighted by molar-refractivity contribution is 0.0954. The molecule has 0 aliphatic carbocycles. The summed E-state index contributed by atoms with van der Waals surface area (Å²) in [6, 6.07) is 9.26. The van der Waals surface area contributed by atoms with Crippen LogP contribution >= 0.6 is 11.3 Å². The second kappa shape index (κ2) is 9.88. The molecule has 0 fully saturated rings. The Balaban J connectivity index is 1.45. The number of benzene rings is 1. The van der Waals surface area contributed by atoms with Gasteiger partial charge in [-0.15, -0.1) is 11.3 Å². The van der Waals surface area contributed by atoms with E-state index in [1.807, 2.05) is 6.92 Å². The molecule has 0 aliphatic heterocycles. The fourth-order valence-corrected chi connectivity index (χ4v) is 4.30. The standard InChI is InChI=1S/C23H21FN4O4S/c1-13-19-22(31-3)27-17(12-30-2)28-23(19)33-20(13)21(29)26-11-14-7-8-18(25-10-14)32-16-6-4-5-15(24)9-16/h4-10H,11-12H2,1-3H3,(H,26,29). The van der Waals surface area contributed by atoms with Gasteiger partial charge in [-0.25, -0.2) is 14.4 Å². The number of thiophene rings is 1. The second-order valence-electron chi connectivity index (χ2n) is 7.07. The van der Waals surface area contributed by atoms with Gasteiger partial charge in [0.1, 0.15) is 23.0 Å². The first-order valence-corrected chi connectivity index (χ1v) is 10.8. The number of carbonyl (C=O) groups excluding carboxylic acids is 1. The molecule has 3 heterocycles. The summed E-state index contributed by atoms with van der Waals surface area (Å²) in [4.78, 5) is 27.1. The molecule has 8 nitrogen and oxygen atoms in total. The zero-order valence-electron chi connectivity index (χ0n) is 18.2. The molecule has 0 atom stereocenters. The molecule has 170 valence electrons. The van der Waals surface area contributed by atoms with Crippen molar-refractivity contribution in [3.63, 3.8) is 0 Å². The van der Waals surface area contributed by atoms with Crippen molar-refractivity contribution < 1.29 is 23.4 Å². The van der Waals surface area contributed by atoms with Crippen molar-refractivity contribution in [2.24, 2.45) is 0 Å². The lowest BCUT2D eigenvalue weighted by atomic mass is 10.2. The van der Waals surface area contributed by atoms with Crippen LogP contribution in [0.15, 0.2) is 42.6 Å². The van der Waals surface area contributed by atoms with Gasteiger partial charge in [-0.2, -0.15) is 4.98 Å². The molecule has 0 saturated heterocycles. The van der Waals surface area contributed by atoms with Crippen LogP contribution in [0.4, 0.5) is 4.39 Å². The van der Waals surface area contributed by atoms with Gasteiger partial charge >= 0.3 is 0 Å². The van der Waals surface area contributed by atoms with Crippen molar-refractivity contribution in [3.8, 4) is 17.5 Å². The van der Waals surface area contributed by atoms with E-state index in [1.54, 1.807) is 37.6 Å². The first kappa shape index (κ1) is 22.6. The highest BCUT2D eigenvalue weighted by atomic mass is 32.1. The predicted molar refractivity (Wildman–Crippen MR) is 121 cm³/mol. The molecule has 0 saturated carbocycles. The van der Waals surface area contributed by atoms with E-state index in [9.17, 15) is 9.18 Å². The van der Waals surface area contributed by atoms with Crippen molar-refractivity contribution in [1.82, 2.24) is 20.3 Å². The van der Waals surface area contributed by atoms with Gasteiger partial charge in [0.05, 0.1) is 17.4 Å². The highest BCUT2D eigenvalue weighted by molar-refractivity contribution is 7.20. The molecule has 0 unspecified atom stereocenters. The molecule has 1 N–H and O–H groups in total. The van der Waals surface area contributed by atoms with Crippen LogP contribution in [0.5, 0.6) is 17.5 Å². The Morgan fingerprint density at radius 2 is 2.03 bits per heavy atom. The maximum atomic E-state index is 13.3. The summed E-state index contributed by atoms with van der Waals surface area (Å²) in [7, 11) is 3.09. The van der Waals surface area contributed by atoms with E-state index >= 15 is 0 Å². The average Bonchev–Trinajstić information content (AvgIpc) is 3.14. The van der Waals surface area contributed by atoms with Crippen LogP contribution in [0.1, 0.15) is 26.6 Å². The summed E-state index contributed by atoms with van der Waals surface area (Å²) in [6.45, 7) is 2.37. The molecular weight excluding hydrogens is 447 g/mol. The smallest absolute Gasteiger partial charge is 0.261 e. The first-order chi connectivity index (χ1) is 16.0. The van der Waals surface area contributed by atoms with Crippen molar-refractivity contribution in [1.29, 1.82) is 0 Å². The van der Waals surface area contributed by atoms with Crippen LogP contribution in [0.3, 0.4) is 0 Å². The number of amides is 1. The molecule has 0 radical (unpaired) electrons. The summed E-state index contributed by atoms with van der Waals surface area (Å²) in [5.74, 6) is 0.969. The van der Waals surface area contributed by atoms with E-state index < -0.39 is 0 Å². The highest BCUT2D eigenvalue weighted by Gasteiger charge is 2.21. The van der Waals surface area contributed by atoms with Crippen molar-refractivity contribution >= 4 is 27.5 Å². The van der Waals surface area contributed by atoms with Gasteiger partial charge in [0, 0.05) is 32.0 Å². The number of hydrogen-bond donors (Lipinski definition) is 1. The van der Waals surface area contributed by atoms with Gasteiger partial charge < -0.3 is 19.5 Å². The molecule has 33 heavy (non-hydrogen) atoms. The Morgan fingerprint density at radius 3 is 2.73 bits per heavy atom. The molecule has 4 aromatic rings. The zero-order valence-corrected chi connectivity index (χ0v) is 19.0. The fraction of sp³-hybridized carbons (Fsp3) is 0.217. The van der Waals surface area contributed by atoms with Gasteiger partial charge in [-0.05, 0) is 30.2 Å². The monoisotopic (exact) mass is 468 g/mol. The number of nitrogens with zero attached hydrogens (tertiary/aromatic N) is 3. The summed E-state index contributed by atoms with van der Waals surface area (Å²) >= 11 is 1.28. The molecule has 1 amide bonds. The Kier molecular flexibility index (Phi) is 6.76. The highest BCUT2D eigenvalue weighted by Crippen LogP contribution is 2.35. The van der Waals surface area contributed by atoms with E-state index in [0.717, 1.165) is 11.1 Å². The van der Waals surface area contributed by atoms with Gasteiger partial charge in [0.2, 0.25) is 11.8 Å². The van der Waals surface area contributed by atoms with Crippen LogP contribution in [0.25, 0.3) is 10.2 Å². The van der Waals surface area contributed by atoms with Crippen LogP contribution < -0.4 is 14.8 Å². The van der Waals surface area contributed by atoms with E-state index in [2.05, 4.69) is 20.3 Å². The summed E-state index contributed by atoms with van der Waals surface area (Å²) in [5, 5.41) is 3.61. The van der Waals surface area contributed by atoms with Crippen LogP contribution in [-0.4, -0.2) is 35.1 Å². The maximum Gasteiger partial charge on any atom is 0.261 e. The molecule has 0 spiro atoms.